The molecular weight excluding hydrogens is 865 g/mol. The molecule has 0 spiro atoms. The lowest BCUT2D eigenvalue weighted by atomic mass is 10.0. The van der Waals surface area contributed by atoms with E-state index < -0.39 is 6.10 Å². The number of hydrogen-bond acceptors (Lipinski definition) is 6. The zero-order valence-electron chi connectivity index (χ0n) is 46.8. The second-order valence-electron chi connectivity index (χ2n) is 20.6. The van der Waals surface area contributed by atoms with Crippen LogP contribution in [0, 0.1) is 0 Å². The smallest absolute Gasteiger partial charge is 0.306 e. The van der Waals surface area contributed by atoms with Crippen LogP contribution in [-0.4, -0.2) is 37.2 Å². The van der Waals surface area contributed by atoms with Crippen molar-refractivity contribution in [2.45, 2.75) is 329 Å². The van der Waals surface area contributed by atoms with Crippen molar-refractivity contribution >= 4 is 17.9 Å². The molecule has 0 saturated heterocycles. The summed E-state index contributed by atoms with van der Waals surface area (Å²) in [5.41, 5.74) is 0. The van der Waals surface area contributed by atoms with Gasteiger partial charge in [0.25, 0.3) is 0 Å². The summed E-state index contributed by atoms with van der Waals surface area (Å²) < 4.78 is 16.8. The fraction of sp³-hybridized carbons (Fsp3) is 0.828. The summed E-state index contributed by atoms with van der Waals surface area (Å²) >= 11 is 0. The zero-order valence-corrected chi connectivity index (χ0v) is 46.8. The average Bonchev–Trinajstić information content (AvgIpc) is 3.36. The van der Waals surface area contributed by atoms with Crippen LogP contribution in [0.2, 0.25) is 0 Å². The maximum Gasteiger partial charge on any atom is 0.306 e. The van der Waals surface area contributed by atoms with Gasteiger partial charge >= 0.3 is 17.9 Å². The standard InChI is InChI=1S/C64H116O6/c1-4-7-10-13-15-17-19-21-23-25-27-29-31-33-34-36-38-40-42-44-46-48-51-54-57-63(66)69-60-61(59-68-62(65)56-53-50-12-9-6-3)70-64(67)58-55-52-49-47-45-43-41-39-37-35-32-30-28-26-24-22-20-18-16-14-11-8-5-2/h8,11,16,18,22,24,28,30,61H,4-7,9-10,12-15,17,19-21,23,25-27,29,31-60H2,1-3H3/b11-8-,18-16-,24-22-,30-28-. The molecular formula is C64H116O6. The molecule has 0 radical (unpaired) electrons. The lowest BCUT2D eigenvalue weighted by Crippen LogP contribution is -2.30. The predicted octanol–water partition coefficient (Wildman–Crippen LogP) is 20.6. The van der Waals surface area contributed by atoms with E-state index in [4.69, 9.17) is 14.2 Å². The van der Waals surface area contributed by atoms with Crippen LogP contribution in [0.1, 0.15) is 323 Å². The lowest BCUT2D eigenvalue weighted by molar-refractivity contribution is -0.167. The molecule has 0 aromatic heterocycles. The molecule has 1 atom stereocenters. The summed E-state index contributed by atoms with van der Waals surface area (Å²) in [6.45, 7) is 6.49. The SMILES string of the molecule is CC/C=C\C/C=C\C/C=C\C/C=C\CCCCCCCCCCCCC(=O)OC(COC(=O)CCCCCCC)COC(=O)CCCCCCCCCCCCCCCCCCCCCCCCCC. The van der Waals surface area contributed by atoms with Crippen molar-refractivity contribution in [3.8, 4) is 0 Å². The number of unbranched alkanes of at least 4 members (excludes halogenated alkanes) is 37. The van der Waals surface area contributed by atoms with Gasteiger partial charge in [-0.3, -0.25) is 14.4 Å². The third-order valence-electron chi connectivity index (χ3n) is 13.6. The Kier molecular flexibility index (Phi) is 56.7. The molecule has 0 heterocycles. The summed E-state index contributed by atoms with van der Waals surface area (Å²) in [5.74, 6) is -0.873. The Hall–Kier alpha value is -2.63. The normalized spacial score (nSPS) is 12.3. The fourth-order valence-corrected chi connectivity index (χ4v) is 9.02. The monoisotopic (exact) mass is 981 g/mol. The Morgan fingerprint density at radius 3 is 0.871 bits per heavy atom. The van der Waals surface area contributed by atoms with Crippen LogP contribution in [0.15, 0.2) is 48.6 Å². The molecule has 0 aliphatic rings. The molecule has 0 fully saturated rings. The van der Waals surface area contributed by atoms with Gasteiger partial charge in [0.1, 0.15) is 13.2 Å². The number of esters is 3. The van der Waals surface area contributed by atoms with Crippen molar-refractivity contribution in [1.29, 1.82) is 0 Å². The van der Waals surface area contributed by atoms with Crippen LogP contribution < -0.4 is 0 Å². The van der Waals surface area contributed by atoms with E-state index in [0.717, 1.165) is 89.9 Å². The summed E-state index contributed by atoms with van der Waals surface area (Å²) in [4.78, 5) is 37.9. The molecule has 0 aromatic rings. The number of hydrogen-bond donors (Lipinski definition) is 0. The minimum atomic E-state index is -0.770. The van der Waals surface area contributed by atoms with Gasteiger partial charge in [-0.25, -0.2) is 0 Å². The number of rotatable bonds is 56. The molecule has 6 heteroatoms. The minimum absolute atomic E-state index is 0.0712. The summed E-state index contributed by atoms with van der Waals surface area (Å²) in [6.07, 6.45) is 73.1. The molecule has 0 aromatic carbocycles. The van der Waals surface area contributed by atoms with Gasteiger partial charge < -0.3 is 14.2 Å². The van der Waals surface area contributed by atoms with Gasteiger partial charge in [0.15, 0.2) is 6.10 Å². The highest BCUT2D eigenvalue weighted by molar-refractivity contribution is 5.71. The van der Waals surface area contributed by atoms with Gasteiger partial charge in [-0.05, 0) is 57.8 Å². The summed E-state index contributed by atoms with van der Waals surface area (Å²) in [6, 6.07) is 0. The first-order valence-electron chi connectivity index (χ1n) is 30.6. The Morgan fingerprint density at radius 1 is 0.300 bits per heavy atom. The van der Waals surface area contributed by atoms with Crippen LogP contribution in [0.25, 0.3) is 0 Å². The molecule has 0 bridgehead atoms. The first-order valence-corrected chi connectivity index (χ1v) is 30.6. The van der Waals surface area contributed by atoms with E-state index >= 15 is 0 Å². The van der Waals surface area contributed by atoms with Crippen molar-refractivity contribution in [3.05, 3.63) is 48.6 Å². The van der Waals surface area contributed by atoms with Crippen molar-refractivity contribution in [3.63, 3.8) is 0 Å². The fourth-order valence-electron chi connectivity index (χ4n) is 9.02. The number of ether oxygens (including phenoxy) is 3. The third-order valence-corrected chi connectivity index (χ3v) is 13.6. The third kappa shape index (κ3) is 56.3. The second-order valence-corrected chi connectivity index (χ2v) is 20.6. The molecule has 0 rings (SSSR count). The van der Waals surface area contributed by atoms with Crippen LogP contribution in [0.4, 0.5) is 0 Å². The minimum Gasteiger partial charge on any atom is -0.462 e. The predicted molar refractivity (Wildman–Crippen MR) is 302 cm³/mol. The Balaban J connectivity index is 4.03. The van der Waals surface area contributed by atoms with E-state index in [0.29, 0.717) is 19.3 Å². The summed E-state index contributed by atoms with van der Waals surface area (Å²) in [5, 5.41) is 0. The maximum absolute atomic E-state index is 12.8. The molecule has 408 valence electrons. The molecule has 0 aliphatic carbocycles. The van der Waals surface area contributed by atoms with E-state index in [9.17, 15) is 14.4 Å². The average molecular weight is 982 g/mol. The van der Waals surface area contributed by atoms with Gasteiger partial charge in [0.05, 0.1) is 0 Å². The number of allylic oxidation sites excluding steroid dienone is 8. The van der Waals surface area contributed by atoms with Gasteiger partial charge in [-0.2, -0.15) is 0 Å². The second kappa shape index (κ2) is 58.9. The molecule has 6 nitrogen and oxygen atoms in total. The quantitative estimate of drug-likeness (QED) is 0.0261. The van der Waals surface area contributed by atoms with E-state index in [1.54, 1.807) is 0 Å². The topological polar surface area (TPSA) is 78.9 Å². The van der Waals surface area contributed by atoms with E-state index in [1.165, 1.54) is 193 Å². The highest BCUT2D eigenvalue weighted by atomic mass is 16.6. The van der Waals surface area contributed by atoms with Crippen LogP contribution in [0.3, 0.4) is 0 Å². The van der Waals surface area contributed by atoms with Crippen molar-refractivity contribution in [2.75, 3.05) is 13.2 Å². The summed E-state index contributed by atoms with van der Waals surface area (Å²) in [7, 11) is 0. The first-order chi connectivity index (χ1) is 34.5. The number of carbonyl (C=O) groups excluding carboxylic acids is 3. The first kappa shape index (κ1) is 67.4. The van der Waals surface area contributed by atoms with E-state index in [1.807, 2.05) is 0 Å². The van der Waals surface area contributed by atoms with Gasteiger partial charge in [-0.15, -0.1) is 0 Å². The van der Waals surface area contributed by atoms with Crippen LogP contribution in [-0.2, 0) is 28.6 Å². The van der Waals surface area contributed by atoms with Gasteiger partial charge in [-0.1, -0.05) is 294 Å². The largest absolute Gasteiger partial charge is 0.462 e. The van der Waals surface area contributed by atoms with Crippen molar-refractivity contribution < 1.29 is 28.6 Å². The molecule has 0 N–H and O–H groups in total. The highest BCUT2D eigenvalue weighted by Gasteiger charge is 2.19. The van der Waals surface area contributed by atoms with Crippen LogP contribution in [0.5, 0.6) is 0 Å². The molecule has 0 saturated carbocycles. The lowest BCUT2D eigenvalue weighted by Gasteiger charge is -2.18. The van der Waals surface area contributed by atoms with Crippen molar-refractivity contribution in [1.82, 2.24) is 0 Å². The molecule has 70 heavy (non-hydrogen) atoms. The molecule has 0 amide bonds. The van der Waals surface area contributed by atoms with Crippen LogP contribution >= 0.6 is 0 Å². The van der Waals surface area contributed by atoms with E-state index in [-0.39, 0.29) is 31.1 Å². The number of carbonyl (C=O) groups is 3. The highest BCUT2D eigenvalue weighted by Crippen LogP contribution is 2.17. The maximum atomic E-state index is 12.8. The Morgan fingerprint density at radius 2 is 0.557 bits per heavy atom. The van der Waals surface area contributed by atoms with Crippen molar-refractivity contribution in [2.24, 2.45) is 0 Å². The van der Waals surface area contributed by atoms with E-state index in [2.05, 4.69) is 69.4 Å². The zero-order chi connectivity index (χ0) is 50.7. The molecule has 1 unspecified atom stereocenters. The Bertz CT molecular complexity index is 1220. The van der Waals surface area contributed by atoms with Gasteiger partial charge in [0, 0.05) is 19.3 Å². The molecule has 0 aliphatic heterocycles. The Labute approximate surface area is 435 Å². The van der Waals surface area contributed by atoms with Gasteiger partial charge in [0.2, 0.25) is 0 Å².